The van der Waals surface area contributed by atoms with Gasteiger partial charge in [0.15, 0.2) is 0 Å². The van der Waals surface area contributed by atoms with Crippen LogP contribution in [-0.2, 0) is 0 Å². The Kier molecular flexibility index (Phi) is 6.81. The number of aromatic hydroxyl groups is 1. The number of rotatable bonds is 3. The Bertz CT molecular complexity index is 756. The summed E-state index contributed by atoms with van der Waals surface area (Å²) in [6.07, 6.45) is 2.34. The maximum atomic E-state index is 9.45. The van der Waals surface area contributed by atoms with Gasteiger partial charge in [0.1, 0.15) is 17.2 Å². The highest BCUT2D eigenvalue weighted by Crippen LogP contribution is 2.47. The molecular formula is C22H27NO2. The molecule has 1 heterocycles. The highest BCUT2D eigenvalue weighted by atomic mass is 16.5. The molecule has 0 bridgehead atoms. The van der Waals surface area contributed by atoms with E-state index in [1.165, 1.54) is 12.8 Å². The molecule has 1 aliphatic rings. The highest BCUT2D eigenvalue weighted by Gasteiger charge is 2.33. The predicted octanol–water partition coefficient (Wildman–Crippen LogP) is 6.64. The molecule has 25 heavy (non-hydrogen) atoms. The van der Waals surface area contributed by atoms with E-state index >= 15 is 0 Å². The summed E-state index contributed by atoms with van der Waals surface area (Å²) in [6, 6.07) is 17.3. The van der Waals surface area contributed by atoms with Crippen molar-refractivity contribution in [3.05, 3.63) is 60.4 Å². The number of benzene rings is 2. The van der Waals surface area contributed by atoms with Gasteiger partial charge in [-0.25, -0.2) is 0 Å². The summed E-state index contributed by atoms with van der Waals surface area (Å²) >= 11 is 0. The number of aromatic nitrogens is 1. The molecule has 0 radical (unpaired) electrons. The molecule has 0 atom stereocenters. The molecule has 0 unspecified atom stereocenters. The van der Waals surface area contributed by atoms with E-state index in [4.69, 9.17) is 4.52 Å². The van der Waals surface area contributed by atoms with Crippen LogP contribution in [0.4, 0.5) is 0 Å². The van der Waals surface area contributed by atoms with E-state index in [-0.39, 0.29) is 5.75 Å². The minimum Gasteiger partial charge on any atom is -0.508 e. The SMILES string of the molecule is CC.CC.Oc1ccc(-c2noc(C3CC3)c2-c2ccccc2)cc1. The molecule has 3 heteroatoms. The fourth-order valence-corrected chi connectivity index (χ4v) is 2.63. The fourth-order valence-electron chi connectivity index (χ4n) is 2.63. The first-order valence-corrected chi connectivity index (χ1v) is 9.17. The summed E-state index contributed by atoms with van der Waals surface area (Å²) in [4.78, 5) is 0. The Morgan fingerprint density at radius 1 is 0.840 bits per heavy atom. The van der Waals surface area contributed by atoms with Gasteiger partial charge in [-0.2, -0.15) is 0 Å². The number of phenols is 1. The average Bonchev–Trinajstić information content (AvgIpc) is 3.45. The van der Waals surface area contributed by atoms with Crippen LogP contribution < -0.4 is 0 Å². The van der Waals surface area contributed by atoms with Crippen molar-refractivity contribution >= 4 is 0 Å². The van der Waals surface area contributed by atoms with Crippen molar-refractivity contribution in [3.63, 3.8) is 0 Å². The highest BCUT2D eigenvalue weighted by molar-refractivity contribution is 5.82. The van der Waals surface area contributed by atoms with Crippen LogP contribution in [-0.4, -0.2) is 10.3 Å². The number of hydrogen-bond acceptors (Lipinski definition) is 3. The average molecular weight is 337 g/mol. The van der Waals surface area contributed by atoms with Crippen LogP contribution in [0.1, 0.15) is 52.2 Å². The predicted molar refractivity (Wildman–Crippen MR) is 104 cm³/mol. The van der Waals surface area contributed by atoms with Crippen molar-refractivity contribution in [2.45, 2.75) is 46.5 Å². The quantitative estimate of drug-likeness (QED) is 0.582. The zero-order valence-electron chi connectivity index (χ0n) is 15.5. The fraction of sp³-hybridized carbons (Fsp3) is 0.318. The molecule has 1 fully saturated rings. The summed E-state index contributed by atoms with van der Waals surface area (Å²) in [5, 5.41) is 13.7. The molecular weight excluding hydrogens is 310 g/mol. The van der Waals surface area contributed by atoms with E-state index in [2.05, 4.69) is 17.3 Å². The molecule has 3 nitrogen and oxygen atoms in total. The molecule has 4 rings (SSSR count). The maximum Gasteiger partial charge on any atom is 0.148 e. The monoisotopic (exact) mass is 337 g/mol. The van der Waals surface area contributed by atoms with Gasteiger partial charge in [0.05, 0.1) is 5.56 Å². The second kappa shape index (κ2) is 9.07. The first-order chi connectivity index (χ1) is 12.3. The van der Waals surface area contributed by atoms with Crippen molar-refractivity contribution in [2.24, 2.45) is 0 Å². The summed E-state index contributed by atoms with van der Waals surface area (Å²) in [6.45, 7) is 8.00. The second-order valence-electron chi connectivity index (χ2n) is 5.46. The lowest BCUT2D eigenvalue weighted by Crippen LogP contribution is -1.85. The van der Waals surface area contributed by atoms with E-state index in [1.807, 2.05) is 58.0 Å². The van der Waals surface area contributed by atoms with Gasteiger partial charge >= 0.3 is 0 Å². The topological polar surface area (TPSA) is 46.3 Å². The first kappa shape index (κ1) is 18.8. The van der Waals surface area contributed by atoms with Gasteiger partial charge in [0.2, 0.25) is 0 Å². The van der Waals surface area contributed by atoms with Gasteiger partial charge in [-0.3, -0.25) is 0 Å². The van der Waals surface area contributed by atoms with Gasteiger partial charge in [0, 0.05) is 11.5 Å². The Morgan fingerprint density at radius 3 is 2.00 bits per heavy atom. The third-order valence-corrected chi connectivity index (χ3v) is 3.87. The molecule has 2 aromatic carbocycles. The third-order valence-electron chi connectivity index (χ3n) is 3.87. The Morgan fingerprint density at radius 2 is 1.44 bits per heavy atom. The van der Waals surface area contributed by atoms with Crippen molar-refractivity contribution in [2.75, 3.05) is 0 Å². The minimum absolute atomic E-state index is 0.255. The molecule has 0 spiro atoms. The van der Waals surface area contributed by atoms with Crippen molar-refractivity contribution in [3.8, 4) is 28.1 Å². The number of phenolic OH excluding ortho intramolecular Hbond substituents is 1. The van der Waals surface area contributed by atoms with Crippen LogP contribution in [0.5, 0.6) is 5.75 Å². The molecule has 1 aliphatic carbocycles. The lowest BCUT2D eigenvalue weighted by Gasteiger charge is -2.04. The van der Waals surface area contributed by atoms with Crippen LogP contribution in [0, 0.1) is 0 Å². The molecule has 1 aromatic heterocycles. The molecule has 1 saturated carbocycles. The minimum atomic E-state index is 0.255. The first-order valence-electron chi connectivity index (χ1n) is 9.17. The van der Waals surface area contributed by atoms with Crippen molar-refractivity contribution in [1.29, 1.82) is 0 Å². The van der Waals surface area contributed by atoms with Crippen molar-refractivity contribution in [1.82, 2.24) is 5.16 Å². The second-order valence-corrected chi connectivity index (χ2v) is 5.46. The standard InChI is InChI=1S/C18H15NO2.2C2H6/c20-15-10-8-13(9-11-15)17-16(12-4-2-1-3-5-12)18(21-19-17)14-6-7-14;2*1-2/h1-5,8-11,14,20H,6-7H2;2*1-2H3. The molecule has 0 amide bonds. The van der Waals surface area contributed by atoms with E-state index in [0.29, 0.717) is 5.92 Å². The normalized spacial score (nSPS) is 12.5. The number of hydrogen-bond donors (Lipinski definition) is 1. The van der Waals surface area contributed by atoms with E-state index < -0.39 is 0 Å². The van der Waals surface area contributed by atoms with Crippen LogP contribution in [0.3, 0.4) is 0 Å². The van der Waals surface area contributed by atoms with E-state index in [0.717, 1.165) is 28.1 Å². The zero-order chi connectivity index (χ0) is 18.2. The van der Waals surface area contributed by atoms with Gasteiger partial charge in [0.25, 0.3) is 0 Å². The van der Waals surface area contributed by atoms with Gasteiger partial charge < -0.3 is 9.63 Å². The van der Waals surface area contributed by atoms with Crippen LogP contribution in [0.2, 0.25) is 0 Å². The van der Waals surface area contributed by atoms with Crippen LogP contribution in [0.15, 0.2) is 59.1 Å². The third kappa shape index (κ3) is 4.30. The van der Waals surface area contributed by atoms with Gasteiger partial charge in [-0.1, -0.05) is 63.2 Å². The van der Waals surface area contributed by atoms with Crippen LogP contribution in [0.25, 0.3) is 22.4 Å². The molecule has 1 N–H and O–H groups in total. The van der Waals surface area contributed by atoms with Gasteiger partial charge in [-0.15, -0.1) is 0 Å². The summed E-state index contributed by atoms with van der Waals surface area (Å²) in [7, 11) is 0. The molecule has 0 saturated heterocycles. The summed E-state index contributed by atoms with van der Waals surface area (Å²) < 4.78 is 5.65. The summed E-state index contributed by atoms with van der Waals surface area (Å²) in [5.41, 5.74) is 4.03. The largest absolute Gasteiger partial charge is 0.508 e. The molecule has 132 valence electrons. The molecule has 0 aliphatic heterocycles. The Balaban J connectivity index is 0.000000528. The smallest absolute Gasteiger partial charge is 0.148 e. The van der Waals surface area contributed by atoms with E-state index in [9.17, 15) is 5.11 Å². The number of nitrogens with zero attached hydrogens (tertiary/aromatic N) is 1. The maximum absolute atomic E-state index is 9.45. The molecule has 3 aromatic rings. The Hall–Kier alpha value is -2.55. The van der Waals surface area contributed by atoms with E-state index in [1.54, 1.807) is 12.1 Å². The lowest BCUT2D eigenvalue weighted by atomic mass is 9.97. The zero-order valence-corrected chi connectivity index (χ0v) is 15.5. The lowest BCUT2D eigenvalue weighted by molar-refractivity contribution is 0.387. The van der Waals surface area contributed by atoms with Gasteiger partial charge in [-0.05, 0) is 42.7 Å². The summed E-state index contributed by atoms with van der Waals surface area (Å²) in [5.74, 6) is 1.74. The van der Waals surface area contributed by atoms with Crippen LogP contribution >= 0.6 is 0 Å². The Labute approximate surface area is 150 Å². The van der Waals surface area contributed by atoms with Crippen molar-refractivity contribution < 1.29 is 9.63 Å².